The number of aromatic nitrogens is 1. The van der Waals surface area contributed by atoms with Gasteiger partial charge in [-0.25, -0.2) is 4.98 Å². The van der Waals surface area contributed by atoms with Crippen LogP contribution in [0.3, 0.4) is 0 Å². The number of benzene rings is 1. The molecule has 5 heteroatoms. The quantitative estimate of drug-likeness (QED) is 0.823. The number of primary amides is 1. The third-order valence-corrected chi connectivity index (χ3v) is 2.82. The maximum Gasteiger partial charge on any atom is 0.219 e. The summed E-state index contributed by atoms with van der Waals surface area (Å²) in [6.07, 6.45) is 0.348. The zero-order valence-corrected chi connectivity index (χ0v) is 8.88. The summed E-state index contributed by atoms with van der Waals surface area (Å²) in [5.41, 5.74) is 8.85. The Hall–Kier alpha value is -1.62. The molecule has 0 aliphatic heterocycles. The molecule has 1 aromatic carbocycles. The highest BCUT2D eigenvalue weighted by atomic mass is 32.1. The molecule has 0 radical (unpaired) electrons. The normalized spacial score (nSPS) is 10.4. The number of rotatable bonds is 4. The van der Waals surface area contributed by atoms with Crippen molar-refractivity contribution in [3.8, 4) is 0 Å². The minimum Gasteiger partial charge on any atom is -0.384 e. The van der Waals surface area contributed by atoms with Crippen molar-refractivity contribution in [1.29, 1.82) is 0 Å². The molecule has 4 nitrogen and oxygen atoms in total. The Morgan fingerprint density at radius 3 is 3.20 bits per heavy atom. The molecule has 3 N–H and O–H groups in total. The fourth-order valence-corrected chi connectivity index (χ4v) is 2.01. The number of nitrogens with zero attached hydrogens (tertiary/aromatic N) is 1. The number of hydrogen-bond donors (Lipinski definition) is 2. The van der Waals surface area contributed by atoms with E-state index in [-0.39, 0.29) is 5.91 Å². The minimum atomic E-state index is -0.290. The van der Waals surface area contributed by atoms with E-state index in [2.05, 4.69) is 10.3 Å². The van der Waals surface area contributed by atoms with Crippen molar-refractivity contribution in [2.75, 3.05) is 11.9 Å². The van der Waals surface area contributed by atoms with Crippen LogP contribution in [0.5, 0.6) is 0 Å². The zero-order chi connectivity index (χ0) is 10.7. The molecule has 2 rings (SSSR count). The highest BCUT2D eigenvalue weighted by molar-refractivity contribution is 7.16. The molecule has 15 heavy (non-hydrogen) atoms. The van der Waals surface area contributed by atoms with Gasteiger partial charge in [-0.2, -0.15) is 0 Å². The number of thiazole rings is 1. The van der Waals surface area contributed by atoms with E-state index in [0.717, 1.165) is 15.9 Å². The average molecular weight is 221 g/mol. The van der Waals surface area contributed by atoms with Gasteiger partial charge in [-0.1, -0.05) is 0 Å². The molecule has 78 valence electrons. The van der Waals surface area contributed by atoms with Crippen LogP contribution in [0.4, 0.5) is 5.69 Å². The molecule has 0 atom stereocenters. The van der Waals surface area contributed by atoms with Crippen molar-refractivity contribution in [2.45, 2.75) is 6.42 Å². The van der Waals surface area contributed by atoms with Crippen LogP contribution in [0.2, 0.25) is 0 Å². The van der Waals surface area contributed by atoms with Crippen LogP contribution < -0.4 is 11.1 Å². The van der Waals surface area contributed by atoms with Crippen LogP contribution in [0.1, 0.15) is 6.42 Å². The molecular formula is C10H11N3OS. The summed E-state index contributed by atoms with van der Waals surface area (Å²) in [6, 6.07) is 5.93. The van der Waals surface area contributed by atoms with Crippen molar-refractivity contribution >= 4 is 33.1 Å². The van der Waals surface area contributed by atoms with Crippen LogP contribution in [-0.4, -0.2) is 17.4 Å². The molecule has 1 heterocycles. The van der Waals surface area contributed by atoms with Gasteiger partial charge < -0.3 is 11.1 Å². The van der Waals surface area contributed by atoms with E-state index in [1.807, 2.05) is 23.7 Å². The number of carbonyl (C=O) groups is 1. The maximum absolute atomic E-state index is 10.5. The lowest BCUT2D eigenvalue weighted by Crippen LogP contribution is -2.15. The van der Waals surface area contributed by atoms with Gasteiger partial charge in [0.25, 0.3) is 0 Å². The molecule has 0 fully saturated rings. The van der Waals surface area contributed by atoms with Crippen LogP contribution in [-0.2, 0) is 4.79 Å². The van der Waals surface area contributed by atoms with E-state index in [1.54, 1.807) is 11.3 Å². The van der Waals surface area contributed by atoms with E-state index in [9.17, 15) is 4.79 Å². The molecule has 1 amide bonds. The highest BCUT2D eigenvalue weighted by Gasteiger charge is 1.99. The van der Waals surface area contributed by atoms with E-state index >= 15 is 0 Å². The number of anilines is 1. The van der Waals surface area contributed by atoms with Gasteiger partial charge in [0.2, 0.25) is 5.91 Å². The standard InChI is InChI=1S/C10H11N3OS/c11-10(14)3-4-12-7-1-2-8-9(5-7)15-6-13-8/h1-2,5-6,12H,3-4H2,(H2,11,14). The second-order valence-electron chi connectivity index (χ2n) is 3.18. The lowest BCUT2D eigenvalue weighted by Gasteiger charge is -2.03. The molecule has 0 saturated heterocycles. The van der Waals surface area contributed by atoms with Gasteiger partial charge in [0, 0.05) is 18.7 Å². The monoisotopic (exact) mass is 221 g/mol. The van der Waals surface area contributed by atoms with Gasteiger partial charge in [-0.05, 0) is 18.2 Å². The zero-order valence-electron chi connectivity index (χ0n) is 8.06. The summed E-state index contributed by atoms with van der Waals surface area (Å²) in [7, 11) is 0. The Bertz CT molecular complexity index is 480. The molecule has 0 bridgehead atoms. The van der Waals surface area contributed by atoms with Crippen molar-refractivity contribution < 1.29 is 4.79 Å². The fraction of sp³-hybridized carbons (Fsp3) is 0.200. The predicted molar refractivity (Wildman–Crippen MR) is 61.9 cm³/mol. The molecule has 1 aromatic heterocycles. The smallest absolute Gasteiger partial charge is 0.219 e. The summed E-state index contributed by atoms with van der Waals surface area (Å²) < 4.78 is 1.14. The summed E-state index contributed by atoms with van der Waals surface area (Å²) in [6.45, 7) is 0.569. The number of hydrogen-bond acceptors (Lipinski definition) is 4. The third kappa shape index (κ3) is 2.44. The lowest BCUT2D eigenvalue weighted by molar-refractivity contribution is -0.117. The minimum absolute atomic E-state index is 0.290. The third-order valence-electron chi connectivity index (χ3n) is 2.03. The first-order valence-corrected chi connectivity index (χ1v) is 5.49. The van der Waals surface area contributed by atoms with Gasteiger partial charge in [-0.3, -0.25) is 4.79 Å². The SMILES string of the molecule is NC(=O)CCNc1ccc2ncsc2c1. The fourth-order valence-electron chi connectivity index (χ4n) is 1.30. The van der Waals surface area contributed by atoms with E-state index in [0.29, 0.717) is 13.0 Å². The van der Waals surface area contributed by atoms with Crippen LogP contribution in [0.15, 0.2) is 23.7 Å². The highest BCUT2D eigenvalue weighted by Crippen LogP contribution is 2.21. The molecule has 0 saturated carbocycles. The van der Waals surface area contributed by atoms with Gasteiger partial charge in [0.05, 0.1) is 15.7 Å². The van der Waals surface area contributed by atoms with Gasteiger partial charge >= 0.3 is 0 Å². The van der Waals surface area contributed by atoms with Crippen molar-refractivity contribution in [2.24, 2.45) is 5.73 Å². The largest absolute Gasteiger partial charge is 0.384 e. The number of nitrogens with one attached hydrogen (secondary N) is 1. The summed E-state index contributed by atoms with van der Waals surface area (Å²) >= 11 is 1.60. The maximum atomic E-state index is 10.5. The molecule has 2 aromatic rings. The number of nitrogens with two attached hydrogens (primary N) is 1. The summed E-state index contributed by atoms with van der Waals surface area (Å²) in [4.78, 5) is 14.7. The van der Waals surface area contributed by atoms with Crippen molar-refractivity contribution in [3.05, 3.63) is 23.7 Å². The van der Waals surface area contributed by atoms with Gasteiger partial charge in [-0.15, -0.1) is 11.3 Å². The van der Waals surface area contributed by atoms with Crippen LogP contribution >= 0.6 is 11.3 Å². The molecule has 0 spiro atoms. The first kappa shape index (κ1) is 9.92. The summed E-state index contributed by atoms with van der Waals surface area (Å²) in [5, 5.41) is 3.14. The average Bonchev–Trinajstić information content (AvgIpc) is 2.64. The Morgan fingerprint density at radius 1 is 1.53 bits per heavy atom. The first-order valence-electron chi connectivity index (χ1n) is 4.61. The Kier molecular flexibility index (Phi) is 2.82. The Labute approximate surface area is 91.1 Å². The number of amides is 1. The molecule has 0 aliphatic rings. The van der Waals surface area contributed by atoms with Crippen molar-refractivity contribution in [1.82, 2.24) is 4.98 Å². The topological polar surface area (TPSA) is 68.0 Å². The summed E-state index contributed by atoms with van der Waals surface area (Å²) in [5.74, 6) is -0.290. The van der Waals surface area contributed by atoms with E-state index < -0.39 is 0 Å². The number of carbonyl (C=O) groups excluding carboxylic acids is 1. The van der Waals surface area contributed by atoms with E-state index in [4.69, 9.17) is 5.73 Å². The number of fused-ring (bicyclic) bond motifs is 1. The van der Waals surface area contributed by atoms with Gasteiger partial charge in [0.15, 0.2) is 0 Å². The molecular weight excluding hydrogens is 210 g/mol. The molecule has 0 aliphatic carbocycles. The Morgan fingerprint density at radius 2 is 2.40 bits per heavy atom. The second kappa shape index (κ2) is 4.27. The van der Waals surface area contributed by atoms with Crippen LogP contribution in [0, 0.1) is 0 Å². The van der Waals surface area contributed by atoms with Crippen molar-refractivity contribution in [3.63, 3.8) is 0 Å². The van der Waals surface area contributed by atoms with Crippen LogP contribution in [0.25, 0.3) is 10.2 Å². The molecule has 0 unspecified atom stereocenters. The van der Waals surface area contributed by atoms with Gasteiger partial charge in [0.1, 0.15) is 0 Å². The predicted octanol–water partition coefficient (Wildman–Crippen LogP) is 1.58. The second-order valence-corrected chi connectivity index (χ2v) is 4.06. The van der Waals surface area contributed by atoms with E-state index in [1.165, 1.54) is 0 Å². The Balaban J connectivity index is 2.04. The first-order chi connectivity index (χ1) is 7.25. The lowest BCUT2D eigenvalue weighted by atomic mass is 10.3.